The summed E-state index contributed by atoms with van der Waals surface area (Å²) in [6, 6.07) is 0. The largest absolute Gasteiger partial charge is 0.334 e. The topological polar surface area (TPSA) is 29.9 Å². The lowest BCUT2D eigenvalue weighted by Crippen LogP contribution is -2.28. The Bertz CT molecular complexity index is 353. The number of nitrogens with zero attached hydrogens (tertiary/aromatic N) is 2. The van der Waals surface area contributed by atoms with Crippen LogP contribution in [0.1, 0.15) is 64.0 Å². The van der Waals surface area contributed by atoms with E-state index in [1.165, 1.54) is 44.2 Å². The van der Waals surface area contributed by atoms with Gasteiger partial charge >= 0.3 is 0 Å². The fourth-order valence-corrected chi connectivity index (χ4v) is 3.14. The van der Waals surface area contributed by atoms with Crippen LogP contribution in [-0.2, 0) is 6.54 Å². The Morgan fingerprint density at radius 2 is 2.16 bits per heavy atom. The van der Waals surface area contributed by atoms with E-state index in [1.54, 1.807) is 0 Å². The average molecular weight is 263 g/mol. The van der Waals surface area contributed by atoms with Crippen LogP contribution < -0.4 is 5.32 Å². The fourth-order valence-electron chi connectivity index (χ4n) is 3.14. The van der Waals surface area contributed by atoms with Crippen LogP contribution in [0, 0.1) is 5.92 Å². The standard InChI is InChI=1S/C16H29N3/c1-3-5-6-14(4-2)12-19-13-18-11-16(19)15-7-9-17-10-8-15/h11,13-15,17H,3-10,12H2,1-2H3. The predicted molar refractivity (Wildman–Crippen MR) is 80.4 cm³/mol. The summed E-state index contributed by atoms with van der Waals surface area (Å²) in [6.45, 7) is 8.08. The molecule has 1 aliphatic rings. The number of rotatable bonds is 7. The van der Waals surface area contributed by atoms with Gasteiger partial charge in [-0.2, -0.15) is 0 Å². The Morgan fingerprint density at radius 3 is 2.84 bits per heavy atom. The molecule has 1 N–H and O–H groups in total. The van der Waals surface area contributed by atoms with Crippen LogP contribution in [0.15, 0.2) is 12.5 Å². The van der Waals surface area contributed by atoms with E-state index in [0.29, 0.717) is 5.92 Å². The predicted octanol–water partition coefficient (Wildman–Crippen LogP) is 3.57. The van der Waals surface area contributed by atoms with E-state index in [9.17, 15) is 0 Å². The SMILES string of the molecule is CCCCC(CC)Cn1cncc1C1CCNCC1. The minimum Gasteiger partial charge on any atom is -0.334 e. The minimum absolute atomic E-state index is 0.715. The zero-order valence-corrected chi connectivity index (χ0v) is 12.6. The lowest BCUT2D eigenvalue weighted by molar-refractivity contribution is 0.370. The first-order valence-corrected chi connectivity index (χ1v) is 8.05. The summed E-state index contributed by atoms with van der Waals surface area (Å²) in [5.74, 6) is 1.53. The molecule has 1 aliphatic heterocycles. The zero-order chi connectivity index (χ0) is 13.5. The van der Waals surface area contributed by atoms with E-state index in [0.717, 1.165) is 25.6 Å². The third kappa shape index (κ3) is 4.07. The van der Waals surface area contributed by atoms with Gasteiger partial charge in [-0.15, -0.1) is 0 Å². The molecule has 3 nitrogen and oxygen atoms in total. The van der Waals surface area contributed by atoms with Gasteiger partial charge in [-0.05, 0) is 38.3 Å². The summed E-state index contributed by atoms with van der Waals surface area (Å²) in [6.07, 6.45) is 12.0. The van der Waals surface area contributed by atoms with E-state index in [4.69, 9.17) is 0 Å². The number of hydrogen-bond acceptors (Lipinski definition) is 2. The highest BCUT2D eigenvalue weighted by Gasteiger charge is 2.19. The van der Waals surface area contributed by atoms with Gasteiger partial charge in [0, 0.05) is 24.4 Å². The first-order valence-electron chi connectivity index (χ1n) is 8.05. The molecule has 0 aromatic carbocycles. The molecule has 2 heterocycles. The van der Waals surface area contributed by atoms with Crippen LogP contribution in [0.5, 0.6) is 0 Å². The summed E-state index contributed by atoms with van der Waals surface area (Å²) in [4.78, 5) is 4.41. The van der Waals surface area contributed by atoms with Gasteiger partial charge in [-0.1, -0.05) is 33.1 Å². The van der Waals surface area contributed by atoms with E-state index in [2.05, 4.69) is 34.9 Å². The van der Waals surface area contributed by atoms with Crippen molar-refractivity contribution in [3.05, 3.63) is 18.2 Å². The molecule has 0 aliphatic carbocycles. The smallest absolute Gasteiger partial charge is 0.0948 e. The molecular weight excluding hydrogens is 234 g/mol. The first-order chi connectivity index (χ1) is 9.35. The van der Waals surface area contributed by atoms with Gasteiger partial charge in [0.1, 0.15) is 0 Å². The van der Waals surface area contributed by atoms with Gasteiger partial charge in [0.2, 0.25) is 0 Å². The first kappa shape index (κ1) is 14.6. The van der Waals surface area contributed by atoms with Crippen LogP contribution >= 0.6 is 0 Å². The molecule has 2 rings (SSSR count). The Balaban J connectivity index is 1.97. The third-order valence-corrected chi connectivity index (χ3v) is 4.50. The van der Waals surface area contributed by atoms with Crippen LogP contribution in [0.25, 0.3) is 0 Å². The number of piperidine rings is 1. The Morgan fingerprint density at radius 1 is 1.37 bits per heavy atom. The van der Waals surface area contributed by atoms with Crippen molar-refractivity contribution in [3.8, 4) is 0 Å². The zero-order valence-electron chi connectivity index (χ0n) is 12.6. The van der Waals surface area contributed by atoms with Crippen LogP contribution in [0.4, 0.5) is 0 Å². The second-order valence-electron chi connectivity index (χ2n) is 5.91. The Labute approximate surface area is 117 Å². The van der Waals surface area contributed by atoms with Gasteiger partial charge in [0.15, 0.2) is 0 Å². The van der Waals surface area contributed by atoms with Crippen LogP contribution in [0.2, 0.25) is 0 Å². The molecule has 3 heteroatoms. The highest BCUT2D eigenvalue weighted by atomic mass is 15.1. The second-order valence-corrected chi connectivity index (χ2v) is 5.91. The molecule has 0 saturated carbocycles. The molecule has 1 aromatic rings. The summed E-state index contributed by atoms with van der Waals surface area (Å²) < 4.78 is 2.43. The molecule has 0 bridgehead atoms. The van der Waals surface area contributed by atoms with Gasteiger partial charge in [0.05, 0.1) is 6.33 Å². The van der Waals surface area contributed by atoms with Gasteiger partial charge < -0.3 is 9.88 Å². The molecular formula is C16H29N3. The van der Waals surface area contributed by atoms with Crippen molar-refractivity contribution in [1.29, 1.82) is 0 Å². The van der Waals surface area contributed by atoms with Crippen molar-refractivity contribution in [2.75, 3.05) is 13.1 Å². The second kappa shape index (κ2) is 7.68. The summed E-state index contributed by atoms with van der Waals surface area (Å²) in [7, 11) is 0. The molecule has 1 fully saturated rings. The van der Waals surface area contributed by atoms with Crippen molar-refractivity contribution >= 4 is 0 Å². The number of imidazole rings is 1. The summed E-state index contributed by atoms with van der Waals surface area (Å²) in [5, 5.41) is 3.45. The lowest BCUT2D eigenvalue weighted by Gasteiger charge is -2.25. The monoisotopic (exact) mass is 263 g/mol. The Kier molecular flexibility index (Phi) is 5.90. The van der Waals surface area contributed by atoms with Crippen molar-refractivity contribution in [2.45, 2.75) is 64.8 Å². The molecule has 0 radical (unpaired) electrons. The molecule has 0 spiro atoms. The van der Waals surface area contributed by atoms with Crippen LogP contribution in [-0.4, -0.2) is 22.6 Å². The van der Waals surface area contributed by atoms with Crippen molar-refractivity contribution < 1.29 is 0 Å². The van der Waals surface area contributed by atoms with Gasteiger partial charge in [0.25, 0.3) is 0 Å². The quantitative estimate of drug-likeness (QED) is 0.815. The molecule has 108 valence electrons. The highest BCUT2D eigenvalue weighted by Crippen LogP contribution is 2.26. The van der Waals surface area contributed by atoms with Crippen LogP contribution in [0.3, 0.4) is 0 Å². The molecule has 1 saturated heterocycles. The maximum atomic E-state index is 4.41. The van der Waals surface area contributed by atoms with Crippen molar-refractivity contribution in [2.24, 2.45) is 5.92 Å². The van der Waals surface area contributed by atoms with Crippen molar-refractivity contribution in [3.63, 3.8) is 0 Å². The van der Waals surface area contributed by atoms with E-state index in [1.807, 2.05) is 6.33 Å². The molecule has 1 aromatic heterocycles. The van der Waals surface area contributed by atoms with Gasteiger partial charge in [-0.3, -0.25) is 0 Å². The summed E-state index contributed by atoms with van der Waals surface area (Å²) in [5.41, 5.74) is 1.47. The van der Waals surface area contributed by atoms with Crippen molar-refractivity contribution in [1.82, 2.24) is 14.9 Å². The van der Waals surface area contributed by atoms with E-state index in [-0.39, 0.29) is 0 Å². The normalized spacial score (nSPS) is 18.6. The van der Waals surface area contributed by atoms with E-state index < -0.39 is 0 Å². The molecule has 19 heavy (non-hydrogen) atoms. The van der Waals surface area contributed by atoms with E-state index >= 15 is 0 Å². The number of unbranched alkanes of at least 4 members (excludes halogenated alkanes) is 1. The average Bonchev–Trinajstić information content (AvgIpc) is 2.92. The number of hydrogen-bond donors (Lipinski definition) is 1. The lowest BCUT2D eigenvalue weighted by atomic mass is 9.94. The number of nitrogens with one attached hydrogen (secondary N) is 1. The molecule has 1 atom stereocenters. The minimum atomic E-state index is 0.715. The maximum absolute atomic E-state index is 4.41. The van der Waals surface area contributed by atoms with Gasteiger partial charge in [-0.25, -0.2) is 4.98 Å². The summed E-state index contributed by atoms with van der Waals surface area (Å²) >= 11 is 0. The molecule has 1 unspecified atom stereocenters. The number of aromatic nitrogens is 2. The highest BCUT2D eigenvalue weighted by molar-refractivity contribution is 5.08. The fraction of sp³-hybridized carbons (Fsp3) is 0.812. The third-order valence-electron chi connectivity index (χ3n) is 4.50. The maximum Gasteiger partial charge on any atom is 0.0948 e. The molecule has 0 amide bonds. The Hall–Kier alpha value is -0.830.